The van der Waals surface area contributed by atoms with Crippen LogP contribution in [0, 0.1) is 33.8 Å². The summed E-state index contributed by atoms with van der Waals surface area (Å²) in [5, 5.41) is 27.5. The molecule has 2 aromatic carbocycles. The van der Waals surface area contributed by atoms with Gasteiger partial charge in [0.25, 0.3) is 5.69 Å². The fraction of sp³-hybridized carbons (Fsp3) is 0.650. The molecule has 0 aromatic heterocycles. The van der Waals surface area contributed by atoms with Crippen LogP contribution in [0.4, 0.5) is 10.5 Å². The first-order chi connectivity index (χ1) is 40.4. The summed E-state index contributed by atoms with van der Waals surface area (Å²) >= 11 is 0. The Hall–Kier alpha value is -7.29. The van der Waals surface area contributed by atoms with Crippen LogP contribution in [0.15, 0.2) is 54.6 Å². The van der Waals surface area contributed by atoms with Gasteiger partial charge in [-0.3, -0.25) is 53.4 Å². The normalized spacial score (nSPS) is 16.8. The molecule has 0 bridgehead atoms. The Morgan fingerprint density at radius 1 is 0.767 bits per heavy atom. The van der Waals surface area contributed by atoms with E-state index in [1.165, 1.54) is 50.4 Å². The van der Waals surface area contributed by atoms with E-state index >= 15 is 0 Å². The van der Waals surface area contributed by atoms with Crippen molar-refractivity contribution in [1.82, 2.24) is 46.6 Å². The zero-order valence-electron chi connectivity index (χ0n) is 52.8. The van der Waals surface area contributed by atoms with Crippen LogP contribution in [0.5, 0.6) is 0 Å². The van der Waals surface area contributed by atoms with Crippen LogP contribution < -0.4 is 37.6 Å². The Morgan fingerprint density at radius 3 is 1.94 bits per heavy atom. The van der Waals surface area contributed by atoms with Crippen LogP contribution in [-0.4, -0.2) is 188 Å². The lowest BCUT2D eigenvalue weighted by Crippen LogP contribution is -2.60. The van der Waals surface area contributed by atoms with Crippen molar-refractivity contribution in [2.24, 2.45) is 29.4 Å². The van der Waals surface area contributed by atoms with E-state index in [0.29, 0.717) is 36.9 Å². The molecule has 1 aliphatic rings. The molecule has 1 saturated heterocycles. The molecule has 2 aromatic rings. The van der Waals surface area contributed by atoms with Crippen molar-refractivity contribution in [3.63, 3.8) is 0 Å². The molecule has 9 amide bonds. The Kier molecular flexibility index (Phi) is 29.5. The lowest BCUT2D eigenvalue weighted by atomic mass is 9.89. The zero-order chi connectivity index (χ0) is 64.7. The number of likely N-dealkylation sites (tertiary alicyclic amines) is 1. The number of amides is 9. The third-order valence-electron chi connectivity index (χ3n) is 15.3. The van der Waals surface area contributed by atoms with Crippen molar-refractivity contribution in [3.8, 4) is 0 Å². The minimum atomic E-state index is -1.13. The van der Waals surface area contributed by atoms with Gasteiger partial charge < -0.3 is 66.4 Å². The van der Waals surface area contributed by atoms with Crippen LogP contribution >= 0.6 is 0 Å². The van der Waals surface area contributed by atoms with Crippen molar-refractivity contribution < 1.29 is 67.0 Å². The number of non-ortho nitro benzene ring substituents is 1. The topological polar surface area (TPSA) is 342 Å². The molecule has 26 heteroatoms. The molecule has 480 valence electrons. The van der Waals surface area contributed by atoms with Gasteiger partial charge in [0.05, 0.1) is 67.2 Å². The van der Waals surface area contributed by atoms with Crippen molar-refractivity contribution >= 4 is 59.0 Å². The monoisotopic (exact) mass is 1210 g/mol. The summed E-state index contributed by atoms with van der Waals surface area (Å²) in [5.74, 6) is -6.04. The van der Waals surface area contributed by atoms with Gasteiger partial charge >= 0.3 is 6.09 Å². The molecule has 8 N–H and O–H groups in total. The Bertz CT molecular complexity index is 2590. The molecule has 0 saturated carbocycles. The summed E-state index contributed by atoms with van der Waals surface area (Å²) in [6.45, 7) is 18.3. The predicted octanol–water partition coefficient (Wildman–Crippen LogP) is 3.10. The standard InChI is InChI=1S/C60H95N11O15/c1-16-37(6)52(68(12)58(79)50(35(2)3)67-57(78)51(36(4)5)69(13)59(80)86-60(9,10)11)45(83-14)30-49(75)70-28-20-23-44(70)53(84-15)38(7)55(76)65-39(8)54(41-24-26-42(27-25-41)71(81)82)85-34-64-47(73)32-63-56(77)43(29-40-21-18-17-19-22-40)66-48(74)33-62-46(72)31-61/h17-19,21-22,24-27,35-39,43-45,50-54H,16,20,23,28-34,61H2,1-15H3,(H,62,72)(H,63,77)(H,64,73)(H,65,76)(H,66,74)(H,67,78)/t37-,38+,39+,43-,44?,45+,50-,51-,52-,53+,54+/m0/s1. The van der Waals surface area contributed by atoms with E-state index in [0.717, 1.165) is 0 Å². The van der Waals surface area contributed by atoms with E-state index in [2.05, 4.69) is 31.9 Å². The van der Waals surface area contributed by atoms with Crippen LogP contribution in [0.25, 0.3) is 0 Å². The highest BCUT2D eigenvalue weighted by Gasteiger charge is 2.44. The number of nitrogens with one attached hydrogen (secondary N) is 6. The second-order valence-corrected chi connectivity index (χ2v) is 23.6. The van der Waals surface area contributed by atoms with Gasteiger partial charge in [-0.15, -0.1) is 0 Å². The number of nitro benzene ring substituents is 1. The van der Waals surface area contributed by atoms with Crippen LogP contribution in [-0.2, 0) is 63.7 Å². The van der Waals surface area contributed by atoms with Gasteiger partial charge in [-0.1, -0.05) is 85.2 Å². The van der Waals surface area contributed by atoms with Gasteiger partial charge in [-0.2, -0.15) is 0 Å². The maximum absolute atomic E-state index is 14.6. The number of nitro groups is 1. The Morgan fingerprint density at radius 2 is 1.40 bits per heavy atom. The molecule has 26 nitrogen and oxygen atoms in total. The number of hydrogen-bond donors (Lipinski definition) is 7. The number of carbonyl (C=O) groups excluding carboxylic acids is 9. The molecule has 1 aliphatic heterocycles. The lowest BCUT2D eigenvalue weighted by molar-refractivity contribution is -0.384. The van der Waals surface area contributed by atoms with Gasteiger partial charge in [-0.05, 0) is 81.5 Å². The van der Waals surface area contributed by atoms with Gasteiger partial charge in [0.2, 0.25) is 47.3 Å². The number of ether oxygens (including phenoxy) is 4. The smallest absolute Gasteiger partial charge is 0.410 e. The van der Waals surface area contributed by atoms with Gasteiger partial charge in [0.15, 0.2) is 0 Å². The Balaban J connectivity index is 1.78. The number of carbonyl (C=O) groups is 9. The van der Waals surface area contributed by atoms with E-state index in [9.17, 15) is 53.3 Å². The summed E-state index contributed by atoms with van der Waals surface area (Å²) in [7, 11) is 6.06. The number of benzene rings is 2. The largest absolute Gasteiger partial charge is 0.444 e. The van der Waals surface area contributed by atoms with Crippen LogP contribution in [0.1, 0.15) is 119 Å². The average Bonchev–Trinajstić information content (AvgIpc) is 2.10. The third kappa shape index (κ3) is 21.9. The summed E-state index contributed by atoms with van der Waals surface area (Å²) in [6.07, 6.45) is -1.64. The lowest BCUT2D eigenvalue weighted by Gasteiger charge is -2.41. The predicted molar refractivity (Wildman–Crippen MR) is 320 cm³/mol. The van der Waals surface area contributed by atoms with E-state index in [4.69, 9.17) is 24.7 Å². The fourth-order valence-corrected chi connectivity index (χ4v) is 10.5. The van der Waals surface area contributed by atoms with Crippen molar-refractivity contribution in [2.45, 2.75) is 168 Å². The molecule has 3 rings (SSSR count). The van der Waals surface area contributed by atoms with Crippen LogP contribution in [0.2, 0.25) is 0 Å². The number of methoxy groups -OCH3 is 2. The molecular weight excluding hydrogens is 1110 g/mol. The molecule has 0 aliphatic carbocycles. The van der Waals surface area contributed by atoms with Crippen LogP contribution in [0.3, 0.4) is 0 Å². The number of nitrogens with zero attached hydrogens (tertiary/aromatic N) is 4. The SMILES string of the molecule is CC[C@H](C)[C@@H]([C@@H](CC(=O)N1CCCC1[C@H](OC)[C@@H](C)C(=O)N[C@H](C)[C@@H](OCNC(=O)CNC(=O)[C@H](Cc1ccccc1)NC(=O)CNC(=O)CN)c1ccc([N+](=O)[O-])cc1)OC)N(C)C(=O)[C@@H](NC(=O)[C@H](C(C)C)N(C)C(=O)OC(C)(C)C)C(C)C. The summed E-state index contributed by atoms with van der Waals surface area (Å²) in [5.41, 5.74) is 5.44. The van der Waals surface area contributed by atoms with Crippen molar-refractivity contribution in [1.29, 1.82) is 0 Å². The highest BCUT2D eigenvalue weighted by atomic mass is 16.6. The number of likely N-dealkylation sites (N-methyl/N-ethyl adjacent to an activating group) is 2. The van der Waals surface area contributed by atoms with Gasteiger partial charge in [0, 0.05) is 53.4 Å². The van der Waals surface area contributed by atoms with E-state index < -0.39 is 138 Å². The molecule has 1 fully saturated rings. The van der Waals surface area contributed by atoms with Gasteiger partial charge in [0.1, 0.15) is 36.6 Å². The summed E-state index contributed by atoms with van der Waals surface area (Å²) in [4.78, 5) is 137. The molecule has 0 spiro atoms. The highest BCUT2D eigenvalue weighted by Crippen LogP contribution is 2.31. The average molecular weight is 1210 g/mol. The molecule has 0 radical (unpaired) electrons. The molecule has 86 heavy (non-hydrogen) atoms. The zero-order valence-corrected chi connectivity index (χ0v) is 52.8. The first-order valence-electron chi connectivity index (χ1n) is 29.3. The van der Waals surface area contributed by atoms with Gasteiger partial charge in [-0.25, -0.2) is 4.79 Å². The summed E-state index contributed by atoms with van der Waals surface area (Å²) < 4.78 is 23.8. The first-order valence-corrected chi connectivity index (χ1v) is 29.3. The molecule has 11 atom stereocenters. The van der Waals surface area contributed by atoms with E-state index in [-0.39, 0.29) is 48.7 Å². The van der Waals surface area contributed by atoms with Crippen molar-refractivity contribution in [3.05, 3.63) is 75.8 Å². The molecule has 1 unspecified atom stereocenters. The third-order valence-corrected chi connectivity index (χ3v) is 15.3. The Labute approximate surface area is 505 Å². The number of rotatable bonds is 33. The minimum Gasteiger partial charge on any atom is -0.444 e. The quantitative estimate of drug-likeness (QED) is 0.0307. The highest BCUT2D eigenvalue weighted by molar-refractivity contribution is 5.93. The van der Waals surface area contributed by atoms with Crippen molar-refractivity contribution in [2.75, 3.05) is 61.2 Å². The number of hydrogen-bond acceptors (Lipinski definition) is 16. The maximum atomic E-state index is 14.6. The first kappa shape index (κ1) is 73.0. The fourth-order valence-electron chi connectivity index (χ4n) is 10.5. The second kappa shape index (κ2) is 34.8. The maximum Gasteiger partial charge on any atom is 0.410 e. The van der Waals surface area contributed by atoms with E-state index in [1.54, 1.807) is 95.6 Å². The molecular formula is C60H95N11O15. The number of nitrogens with two attached hydrogens (primary N) is 1. The van der Waals surface area contributed by atoms with E-state index in [1.807, 2.05) is 27.7 Å². The minimum absolute atomic E-state index is 0.0663. The molecule has 1 heterocycles. The second-order valence-electron chi connectivity index (χ2n) is 23.6. The summed E-state index contributed by atoms with van der Waals surface area (Å²) in [6, 6.07) is 9.18.